The van der Waals surface area contributed by atoms with Gasteiger partial charge in [0.05, 0.1) is 11.3 Å². The van der Waals surface area contributed by atoms with E-state index in [1.54, 1.807) is 0 Å². The second-order valence-electron chi connectivity index (χ2n) is 2.98. The zero-order valence-corrected chi connectivity index (χ0v) is 8.32. The molecule has 0 atom stereocenters. The summed E-state index contributed by atoms with van der Waals surface area (Å²) in [5.41, 5.74) is 3.45. The van der Waals surface area contributed by atoms with Crippen molar-refractivity contribution in [1.29, 1.82) is 0 Å². The Kier molecular flexibility index (Phi) is 3.56. The average Bonchev–Trinajstić information content (AvgIpc) is 2.27. The third kappa shape index (κ3) is 3.10. The fourth-order valence-corrected chi connectivity index (χ4v) is 1.07. The maximum Gasteiger partial charge on any atom is 0.418 e. The minimum Gasteiger partial charge on any atom is -0.409 e. The highest BCUT2D eigenvalue weighted by molar-refractivity contribution is 6.41. The van der Waals surface area contributed by atoms with Gasteiger partial charge < -0.3 is 16.3 Å². The number of oxime groups is 1. The average molecular weight is 247 g/mol. The predicted molar refractivity (Wildman–Crippen MR) is 53.5 cm³/mol. The summed E-state index contributed by atoms with van der Waals surface area (Å²) in [5.74, 6) is -1.95. The zero-order chi connectivity index (χ0) is 13.1. The van der Waals surface area contributed by atoms with Crippen LogP contribution in [0.25, 0.3) is 0 Å². The maximum atomic E-state index is 12.5. The lowest BCUT2D eigenvalue weighted by Gasteiger charge is -2.12. The van der Waals surface area contributed by atoms with E-state index in [-0.39, 0.29) is 0 Å². The monoisotopic (exact) mass is 247 g/mol. The molecule has 0 heterocycles. The van der Waals surface area contributed by atoms with Gasteiger partial charge >= 0.3 is 6.18 Å². The normalized spacial score (nSPS) is 12.3. The smallest absolute Gasteiger partial charge is 0.409 e. The fourth-order valence-electron chi connectivity index (χ4n) is 1.07. The van der Waals surface area contributed by atoms with E-state index in [0.29, 0.717) is 0 Å². The number of benzene rings is 1. The number of nitrogens with zero attached hydrogens (tertiary/aromatic N) is 1. The van der Waals surface area contributed by atoms with Gasteiger partial charge in [0.25, 0.3) is 5.91 Å². The Bertz CT molecular complexity index is 457. The van der Waals surface area contributed by atoms with E-state index in [1.165, 1.54) is 12.1 Å². The molecule has 17 heavy (non-hydrogen) atoms. The molecule has 1 aromatic rings. The first kappa shape index (κ1) is 12.8. The van der Waals surface area contributed by atoms with Gasteiger partial charge in [0, 0.05) is 0 Å². The van der Waals surface area contributed by atoms with Gasteiger partial charge in [-0.3, -0.25) is 4.79 Å². The molecule has 0 bridgehead atoms. The van der Waals surface area contributed by atoms with E-state index < -0.39 is 29.2 Å². The standard InChI is InChI=1S/C9H8F3N3O2/c10-9(11,12)5-3-1-2-4-6(5)14-8(16)7(13)15-17/h1-4,17H,(H2,13,15)(H,14,16). The molecule has 0 saturated heterocycles. The topological polar surface area (TPSA) is 87.7 Å². The van der Waals surface area contributed by atoms with Crippen molar-refractivity contribution in [2.45, 2.75) is 6.18 Å². The number of nitrogens with two attached hydrogens (primary N) is 1. The van der Waals surface area contributed by atoms with Crippen molar-refractivity contribution in [3.8, 4) is 0 Å². The van der Waals surface area contributed by atoms with Crippen LogP contribution >= 0.6 is 0 Å². The van der Waals surface area contributed by atoms with Crippen molar-refractivity contribution >= 4 is 17.4 Å². The van der Waals surface area contributed by atoms with Crippen LogP contribution in [0.5, 0.6) is 0 Å². The second-order valence-corrected chi connectivity index (χ2v) is 2.98. The number of hydrogen-bond acceptors (Lipinski definition) is 3. The minimum absolute atomic E-state index is 0.461. The molecule has 0 saturated carbocycles. The summed E-state index contributed by atoms with van der Waals surface area (Å²) < 4.78 is 37.6. The molecular formula is C9H8F3N3O2. The Balaban J connectivity index is 3.04. The summed E-state index contributed by atoms with van der Waals surface area (Å²) in [6, 6.07) is 4.37. The first-order valence-corrected chi connectivity index (χ1v) is 4.31. The lowest BCUT2D eigenvalue weighted by molar-refractivity contribution is -0.136. The molecule has 92 valence electrons. The van der Waals surface area contributed by atoms with Crippen molar-refractivity contribution < 1.29 is 23.2 Å². The number of rotatable bonds is 1. The van der Waals surface area contributed by atoms with Gasteiger partial charge in [-0.25, -0.2) is 0 Å². The molecule has 0 aromatic heterocycles. The summed E-state index contributed by atoms with van der Waals surface area (Å²) in [5, 5.41) is 12.5. The summed E-state index contributed by atoms with van der Waals surface area (Å²) >= 11 is 0. The molecule has 1 rings (SSSR count). The first-order chi connectivity index (χ1) is 7.86. The number of amides is 1. The van der Waals surface area contributed by atoms with E-state index in [9.17, 15) is 18.0 Å². The van der Waals surface area contributed by atoms with Gasteiger partial charge in [-0.15, -0.1) is 0 Å². The van der Waals surface area contributed by atoms with Gasteiger partial charge in [-0.05, 0) is 12.1 Å². The van der Waals surface area contributed by atoms with Crippen LogP contribution in [0.4, 0.5) is 18.9 Å². The number of amidine groups is 1. The number of para-hydroxylation sites is 1. The van der Waals surface area contributed by atoms with E-state index in [4.69, 9.17) is 10.9 Å². The number of carbonyl (C=O) groups is 1. The number of hydrogen-bond donors (Lipinski definition) is 3. The molecule has 1 aromatic carbocycles. The quantitative estimate of drug-likeness (QED) is 0.303. The number of nitrogens with one attached hydrogen (secondary N) is 1. The van der Waals surface area contributed by atoms with E-state index >= 15 is 0 Å². The lowest BCUT2D eigenvalue weighted by atomic mass is 10.1. The number of alkyl halides is 3. The number of anilines is 1. The van der Waals surface area contributed by atoms with Crippen LogP contribution in [0.1, 0.15) is 5.56 Å². The highest BCUT2D eigenvalue weighted by Crippen LogP contribution is 2.34. The van der Waals surface area contributed by atoms with Crippen LogP contribution in [0, 0.1) is 0 Å². The summed E-state index contributed by atoms with van der Waals surface area (Å²) in [6.07, 6.45) is -4.60. The number of carbonyl (C=O) groups excluding carboxylic acids is 1. The highest BCUT2D eigenvalue weighted by Gasteiger charge is 2.33. The van der Waals surface area contributed by atoms with Gasteiger partial charge in [0.15, 0.2) is 0 Å². The summed E-state index contributed by atoms with van der Waals surface area (Å²) in [7, 11) is 0. The molecule has 0 aliphatic heterocycles. The molecule has 0 spiro atoms. The third-order valence-corrected chi connectivity index (χ3v) is 1.82. The van der Waals surface area contributed by atoms with Gasteiger partial charge in [0.2, 0.25) is 5.84 Å². The zero-order valence-electron chi connectivity index (χ0n) is 8.32. The van der Waals surface area contributed by atoms with Crippen LogP contribution in [0.2, 0.25) is 0 Å². The van der Waals surface area contributed by atoms with Crippen LogP contribution in [-0.4, -0.2) is 17.0 Å². The van der Waals surface area contributed by atoms with Crippen LogP contribution < -0.4 is 11.1 Å². The molecule has 5 nitrogen and oxygen atoms in total. The van der Waals surface area contributed by atoms with Gasteiger partial charge in [-0.1, -0.05) is 17.3 Å². The molecule has 1 amide bonds. The van der Waals surface area contributed by atoms with E-state index in [1.807, 2.05) is 5.32 Å². The Morgan fingerprint density at radius 3 is 2.47 bits per heavy atom. The molecular weight excluding hydrogens is 239 g/mol. The largest absolute Gasteiger partial charge is 0.418 e. The Labute approximate surface area is 93.7 Å². The fraction of sp³-hybridized carbons (Fsp3) is 0.111. The predicted octanol–water partition coefficient (Wildman–Crippen LogP) is 1.39. The SMILES string of the molecule is N/C(=N/O)C(=O)Nc1ccccc1C(F)(F)F. The molecule has 4 N–H and O–H groups in total. The van der Waals surface area contributed by atoms with Crippen molar-refractivity contribution in [2.75, 3.05) is 5.32 Å². The highest BCUT2D eigenvalue weighted by atomic mass is 19.4. The van der Waals surface area contributed by atoms with Crippen LogP contribution in [0.15, 0.2) is 29.4 Å². The van der Waals surface area contributed by atoms with Crippen LogP contribution in [0.3, 0.4) is 0 Å². The molecule has 0 aliphatic carbocycles. The maximum absolute atomic E-state index is 12.5. The second kappa shape index (κ2) is 4.73. The lowest BCUT2D eigenvalue weighted by Crippen LogP contribution is -2.30. The van der Waals surface area contributed by atoms with Crippen molar-refractivity contribution in [1.82, 2.24) is 0 Å². The van der Waals surface area contributed by atoms with E-state index in [0.717, 1.165) is 12.1 Å². The Morgan fingerprint density at radius 1 is 1.35 bits per heavy atom. The molecule has 0 aliphatic rings. The summed E-state index contributed by atoms with van der Waals surface area (Å²) in [4.78, 5) is 11.1. The molecule has 8 heteroatoms. The van der Waals surface area contributed by atoms with Gasteiger partial charge in [-0.2, -0.15) is 13.2 Å². The van der Waals surface area contributed by atoms with Crippen LogP contribution in [-0.2, 0) is 11.0 Å². The molecule has 0 radical (unpaired) electrons. The first-order valence-electron chi connectivity index (χ1n) is 4.31. The minimum atomic E-state index is -4.60. The Hall–Kier alpha value is -2.25. The molecule has 0 fully saturated rings. The van der Waals surface area contributed by atoms with Crippen molar-refractivity contribution in [3.05, 3.63) is 29.8 Å². The molecule has 0 unspecified atom stereocenters. The van der Waals surface area contributed by atoms with Crippen molar-refractivity contribution in [3.63, 3.8) is 0 Å². The summed E-state index contributed by atoms with van der Waals surface area (Å²) in [6.45, 7) is 0. The van der Waals surface area contributed by atoms with Crippen molar-refractivity contribution in [2.24, 2.45) is 10.9 Å². The van der Waals surface area contributed by atoms with E-state index in [2.05, 4.69) is 5.16 Å². The number of halogens is 3. The van der Waals surface area contributed by atoms with Gasteiger partial charge in [0.1, 0.15) is 0 Å². The Morgan fingerprint density at radius 2 is 1.94 bits per heavy atom. The third-order valence-electron chi connectivity index (χ3n) is 1.82.